The minimum Gasteiger partial charge on any atom is -0.331 e. The van der Waals surface area contributed by atoms with Crippen molar-refractivity contribution in [1.29, 1.82) is 0 Å². The molecular formula is C17H17N5O. The second kappa shape index (κ2) is 5.15. The summed E-state index contributed by atoms with van der Waals surface area (Å²) >= 11 is 0. The van der Waals surface area contributed by atoms with E-state index in [1.807, 2.05) is 32.0 Å². The van der Waals surface area contributed by atoms with Gasteiger partial charge in [0.15, 0.2) is 0 Å². The van der Waals surface area contributed by atoms with Gasteiger partial charge in [-0.15, -0.1) is 5.10 Å². The number of fused-ring (bicyclic) bond motifs is 2. The van der Waals surface area contributed by atoms with Gasteiger partial charge in [-0.1, -0.05) is 24.3 Å². The molecule has 0 saturated heterocycles. The third kappa shape index (κ3) is 2.36. The second-order valence-corrected chi connectivity index (χ2v) is 5.93. The molecule has 3 aromatic rings. The van der Waals surface area contributed by atoms with E-state index in [2.05, 4.69) is 27.2 Å². The molecule has 0 atom stereocenters. The van der Waals surface area contributed by atoms with Gasteiger partial charge in [0, 0.05) is 24.5 Å². The highest BCUT2D eigenvalue weighted by molar-refractivity contribution is 5.91. The fourth-order valence-corrected chi connectivity index (χ4v) is 3.07. The number of benzene rings is 1. The van der Waals surface area contributed by atoms with Crippen molar-refractivity contribution in [2.75, 3.05) is 6.54 Å². The lowest BCUT2D eigenvalue weighted by molar-refractivity contribution is 0.0722. The third-order valence-corrected chi connectivity index (χ3v) is 4.23. The van der Waals surface area contributed by atoms with Crippen molar-refractivity contribution in [3.8, 4) is 0 Å². The van der Waals surface area contributed by atoms with Crippen LogP contribution in [0.2, 0.25) is 0 Å². The zero-order valence-corrected chi connectivity index (χ0v) is 13.2. The average Bonchev–Trinajstić information content (AvgIpc) is 2.98. The van der Waals surface area contributed by atoms with E-state index in [1.165, 1.54) is 11.1 Å². The Balaban J connectivity index is 1.66. The summed E-state index contributed by atoms with van der Waals surface area (Å²) in [6.07, 6.45) is 0.867. The Hall–Kier alpha value is -2.76. The molecular weight excluding hydrogens is 290 g/mol. The van der Waals surface area contributed by atoms with E-state index in [4.69, 9.17) is 0 Å². The topological polar surface area (TPSA) is 63.4 Å². The van der Waals surface area contributed by atoms with E-state index in [-0.39, 0.29) is 11.7 Å². The Labute approximate surface area is 133 Å². The van der Waals surface area contributed by atoms with Crippen LogP contribution in [0.15, 0.2) is 30.3 Å². The predicted octanol–water partition coefficient (Wildman–Crippen LogP) is 1.94. The van der Waals surface area contributed by atoms with Crippen molar-refractivity contribution in [2.45, 2.75) is 26.8 Å². The van der Waals surface area contributed by atoms with Crippen LogP contribution >= 0.6 is 0 Å². The van der Waals surface area contributed by atoms with E-state index >= 15 is 0 Å². The normalized spacial score (nSPS) is 14.1. The number of aromatic nitrogens is 4. The fourth-order valence-electron chi connectivity index (χ4n) is 3.07. The van der Waals surface area contributed by atoms with Crippen LogP contribution in [0.4, 0.5) is 0 Å². The summed E-state index contributed by atoms with van der Waals surface area (Å²) in [6, 6.07) is 10.2. The highest BCUT2D eigenvalue weighted by Crippen LogP contribution is 2.19. The van der Waals surface area contributed by atoms with Gasteiger partial charge in [-0.05, 0) is 37.5 Å². The molecule has 3 heterocycles. The summed E-state index contributed by atoms with van der Waals surface area (Å²) in [5.74, 6) is 0.552. The van der Waals surface area contributed by atoms with Gasteiger partial charge in [-0.2, -0.15) is 4.98 Å². The monoisotopic (exact) mass is 307 g/mol. The van der Waals surface area contributed by atoms with E-state index in [0.29, 0.717) is 18.9 Å². The number of amides is 1. The van der Waals surface area contributed by atoms with Gasteiger partial charge in [0.25, 0.3) is 11.7 Å². The van der Waals surface area contributed by atoms with Crippen LogP contribution in [0.1, 0.15) is 33.1 Å². The number of aryl methyl sites for hydroxylation is 2. The van der Waals surface area contributed by atoms with Gasteiger partial charge >= 0.3 is 0 Å². The number of nitrogens with zero attached hydrogens (tertiary/aromatic N) is 5. The van der Waals surface area contributed by atoms with Gasteiger partial charge in [-0.25, -0.2) is 9.50 Å². The van der Waals surface area contributed by atoms with E-state index < -0.39 is 0 Å². The lowest BCUT2D eigenvalue weighted by Crippen LogP contribution is -2.36. The lowest BCUT2D eigenvalue weighted by Gasteiger charge is -2.27. The smallest absolute Gasteiger partial charge is 0.293 e. The molecule has 1 aliphatic rings. The first-order chi connectivity index (χ1) is 11.1. The molecule has 6 nitrogen and oxygen atoms in total. The fraction of sp³-hybridized carbons (Fsp3) is 0.294. The molecule has 2 aromatic heterocycles. The van der Waals surface area contributed by atoms with Gasteiger partial charge in [-0.3, -0.25) is 4.79 Å². The van der Waals surface area contributed by atoms with Gasteiger partial charge in [0.1, 0.15) is 0 Å². The maximum absolute atomic E-state index is 12.7. The Kier molecular flexibility index (Phi) is 3.11. The van der Waals surface area contributed by atoms with Crippen LogP contribution in [0.5, 0.6) is 0 Å². The molecule has 0 radical (unpaired) electrons. The van der Waals surface area contributed by atoms with E-state index in [9.17, 15) is 4.79 Å². The molecule has 0 unspecified atom stereocenters. The van der Waals surface area contributed by atoms with Crippen LogP contribution in [0.3, 0.4) is 0 Å². The molecule has 0 bridgehead atoms. The first kappa shape index (κ1) is 13.9. The zero-order chi connectivity index (χ0) is 16.0. The van der Waals surface area contributed by atoms with Crippen molar-refractivity contribution in [3.05, 3.63) is 58.7 Å². The first-order valence-corrected chi connectivity index (χ1v) is 7.69. The summed E-state index contributed by atoms with van der Waals surface area (Å²) in [5.41, 5.74) is 4.30. The molecule has 1 aliphatic heterocycles. The maximum atomic E-state index is 12.7. The number of hydrogen-bond donors (Lipinski definition) is 0. The summed E-state index contributed by atoms with van der Waals surface area (Å²) in [4.78, 5) is 23.2. The summed E-state index contributed by atoms with van der Waals surface area (Å²) < 4.78 is 1.62. The minimum absolute atomic E-state index is 0.137. The SMILES string of the molecule is Cc1cc(C)n2nc(C(=O)N3CCc4ccccc4C3)nc2n1. The maximum Gasteiger partial charge on any atom is 0.293 e. The van der Waals surface area contributed by atoms with Crippen molar-refractivity contribution < 1.29 is 4.79 Å². The molecule has 6 heteroatoms. The molecule has 23 heavy (non-hydrogen) atoms. The van der Waals surface area contributed by atoms with Gasteiger partial charge < -0.3 is 4.90 Å². The number of carbonyl (C=O) groups is 1. The number of carbonyl (C=O) groups excluding carboxylic acids is 1. The summed E-state index contributed by atoms with van der Waals surface area (Å²) in [5, 5.41) is 4.34. The van der Waals surface area contributed by atoms with Crippen molar-refractivity contribution >= 4 is 11.7 Å². The minimum atomic E-state index is -0.137. The van der Waals surface area contributed by atoms with Crippen LogP contribution in [0.25, 0.3) is 5.78 Å². The van der Waals surface area contributed by atoms with Crippen LogP contribution < -0.4 is 0 Å². The van der Waals surface area contributed by atoms with Crippen LogP contribution in [0, 0.1) is 13.8 Å². The summed E-state index contributed by atoms with van der Waals surface area (Å²) in [7, 11) is 0. The standard InChI is InChI=1S/C17H17N5O/c1-11-9-12(2)22-17(18-11)19-15(20-22)16(23)21-8-7-13-5-3-4-6-14(13)10-21/h3-6,9H,7-8,10H2,1-2H3. The Morgan fingerprint density at radius 1 is 1.13 bits per heavy atom. The van der Waals surface area contributed by atoms with Crippen LogP contribution in [-0.4, -0.2) is 36.9 Å². The Morgan fingerprint density at radius 3 is 2.74 bits per heavy atom. The highest BCUT2D eigenvalue weighted by Gasteiger charge is 2.25. The Morgan fingerprint density at radius 2 is 1.91 bits per heavy atom. The lowest BCUT2D eigenvalue weighted by atomic mass is 10.00. The van der Waals surface area contributed by atoms with Gasteiger partial charge in [0.2, 0.25) is 5.82 Å². The van der Waals surface area contributed by atoms with Crippen molar-refractivity contribution in [3.63, 3.8) is 0 Å². The van der Waals surface area contributed by atoms with E-state index in [0.717, 1.165) is 17.8 Å². The molecule has 0 N–H and O–H groups in total. The van der Waals surface area contributed by atoms with E-state index in [1.54, 1.807) is 9.42 Å². The number of rotatable bonds is 1. The molecule has 0 spiro atoms. The van der Waals surface area contributed by atoms with Crippen LogP contribution in [-0.2, 0) is 13.0 Å². The van der Waals surface area contributed by atoms with Crippen molar-refractivity contribution in [2.24, 2.45) is 0 Å². The molecule has 1 aromatic carbocycles. The predicted molar refractivity (Wildman–Crippen MR) is 85.1 cm³/mol. The molecule has 0 saturated carbocycles. The molecule has 0 aliphatic carbocycles. The molecule has 4 rings (SSSR count). The largest absolute Gasteiger partial charge is 0.331 e. The number of hydrogen-bond acceptors (Lipinski definition) is 4. The quantitative estimate of drug-likeness (QED) is 0.689. The third-order valence-electron chi connectivity index (χ3n) is 4.23. The Bertz CT molecular complexity index is 914. The molecule has 0 fully saturated rings. The molecule has 116 valence electrons. The van der Waals surface area contributed by atoms with Gasteiger partial charge in [0.05, 0.1) is 0 Å². The summed E-state index contributed by atoms with van der Waals surface area (Å²) in [6.45, 7) is 5.14. The second-order valence-electron chi connectivity index (χ2n) is 5.93. The zero-order valence-electron chi connectivity index (χ0n) is 13.2. The molecule has 1 amide bonds. The first-order valence-electron chi connectivity index (χ1n) is 7.69. The average molecular weight is 307 g/mol. The highest BCUT2D eigenvalue weighted by atomic mass is 16.2. The van der Waals surface area contributed by atoms with Crippen molar-refractivity contribution in [1.82, 2.24) is 24.5 Å².